The van der Waals surface area contributed by atoms with Gasteiger partial charge >= 0.3 is 23.5 Å². The van der Waals surface area contributed by atoms with Crippen molar-refractivity contribution in [3.8, 4) is 0 Å². The SMILES string of the molecule is Nc1ncnc2c1ncn2[C@@H]1O[C@H](COP(=O)(O)OP(=O)(O)OP(=O)(O)O)[C@@H](O)[C@H]1O.c1cnc2ccsc2c1. The molecule has 0 aliphatic carbocycles. The van der Waals surface area contributed by atoms with Crippen LogP contribution in [0.5, 0.6) is 0 Å². The first-order valence-corrected chi connectivity index (χ1v) is 16.1. The van der Waals surface area contributed by atoms with Crippen molar-refractivity contribution in [3.63, 3.8) is 0 Å². The second-order valence-electron chi connectivity index (χ2n) is 7.82. The molecule has 1 aliphatic rings. The Morgan fingerprint density at radius 1 is 1.00 bits per heavy atom. The van der Waals surface area contributed by atoms with Crippen molar-refractivity contribution in [2.45, 2.75) is 24.5 Å². The molecule has 6 atom stereocenters. The van der Waals surface area contributed by atoms with E-state index in [0.29, 0.717) is 0 Å². The molecular weight excluding hydrogens is 621 g/mol. The summed E-state index contributed by atoms with van der Waals surface area (Å²) >= 11 is 1.72. The number of nitrogens with two attached hydrogens (primary N) is 1. The molecule has 0 saturated carbocycles. The lowest BCUT2D eigenvalue weighted by Gasteiger charge is -2.19. The normalized spacial score (nSPS) is 24.4. The number of anilines is 1. The maximum atomic E-state index is 11.8. The van der Waals surface area contributed by atoms with E-state index in [4.69, 9.17) is 25.2 Å². The van der Waals surface area contributed by atoms with E-state index in [1.54, 1.807) is 11.3 Å². The second kappa shape index (κ2) is 11.9. The Balaban J connectivity index is 0.000000343. The summed E-state index contributed by atoms with van der Waals surface area (Å²) in [6, 6.07) is 6.06. The van der Waals surface area contributed by atoms with Crippen LogP contribution in [0.1, 0.15) is 6.23 Å². The number of aliphatic hydroxyl groups excluding tert-OH is 2. The minimum absolute atomic E-state index is 0.0426. The summed E-state index contributed by atoms with van der Waals surface area (Å²) in [6.45, 7) is -0.956. The number of fused-ring (bicyclic) bond motifs is 2. The van der Waals surface area contributed by atoms with Gasteiger partial charge in [-0.1, -0.05) is 0 Å². The number of phosphoric acid groups is 3. The average Bonchev–Trinajstić information content (AvgIpc) is 3.55. The van der Waals surface area contributed by atoms with Crippen LogP contribution in [0.15, 0.2) is 42.4 Å². The summed E-state index contributed by atoms with van der Waals surface area (Å²) in [5.41, 5.74) is 7.10. The fraction of sp³-hybridized carbons (Fsp3) is 0.294. The van der Waals surface area contributed by atoms with Gasteiger partial charge in [-0.25, -0.2) is 28.6 Å². The molecule has 4 aromatic rings. The first kappa shape index (κ1) is 30.7. The Morgan fingerprint density at radius 3 is 2.45 bits per heavy atom. The number of imidazole rings is 1. The predicted molar refractivity (Wildman–Crippen MR) is 135 cm³/mol. The van der Waals surface area contributed by atoms with Gasteiger partial charge in [0, 0.05) is 6.20 Å². The van der Waals surface area contributed by atoms with Gasteiger partial charge in [0.25, 0.3) is 0 Å². The van der Waals surface area contributed by atoms with Gasteiger partial charge in [0.15, 0.2) is 17.7 Å². The van der Waals surface area contributed by atoms with E-state index in [2.05, 4.69) is 44.5 Å². The zero-order chi connectivity index (χ0) is 29.3. The Kier molecular flexibility index (Phi) is 9.16. The molecule has 4 aromatic heterocycles. The first-order chi connectivity index (χ1) is 18.7. The highest BCUT2D eigenvalue weighted by molar-refractivity contribution is 7.66. The minimum atomic E-state index is -5.70. The van der Waals surface area contributed by atoms with Gasteiger partial charge < -0.3 is 40.3 Å². The fourth-order valence-corrected chi connectivity index (χ4v) is 7.20. The minimum Gasteiger partial charge on any atom is -0.387 e. The van der Waals surface area contributed by atoms with Crippen molar-refractivity contribution in [2.75, 3.05) is 12.3 Å². The molecule has 19 nitrogen and oxygen atoms in total. The third-order valence-corrected chi connectivity index (χ3v) is 9.71. The molecule has 23 heteroatoms. The van der Waals surface area contributed by atoms with Crippen molar-refractivity contribution < 1.29 is 61.4 Å². The number of phosphoric ester groups is 1. The van der Waals surface area contributed by atoms with E-state index in [0.717, 1.165) is 11.8 Å². The number of hydrogen-bond acceptors (Lipinski definition) is 15. The van der Waals surface area contributed by atoms with E-state index in [1.165, 1.54) is 15.6 Å². The number of ether oxygens (including phenoxy) is 1. The van der Waals surface area contributed by atoms with Crippen LogP contribution in [-0.2, 0) is 31.6 Å². The Labute approximate surface area is 227 Å². The molecule has 0 spiro atoms. The van der Waals surface area contributed by atoms with Crippen LogP contribution in [0, 0.1) is 0 Å². The summed E-state index contributed by atoms with van der Waals surface area (Å²) in [6.07, 6.45) is -1.88. The van der Waals surface area contributed by atoms with Crippen LogP contribution < -0.4 is 5.73 Å². The van der Waals surface area contributed by atoms with Crippen molar-refractivity contribution in [2.24, 2.45) is 0 Å². The molecule has 1 aliphatic heterocycles. The number of rotatable bonds is 8. The summed E-state index contributed by atoms with van der Waals surface area (Å²) in [4.78, 5) is 51.4. The average molecular weight is 642 g/mol. The highest BCUT2D eigenvalue weighted by atomic mass is 32.1. The molecular formula is C17H21N6O13P3S. The molecule has 0 aromatic carbocycles. The highest BCUT2D eigenvalue weighted by Gasteiger charge is 2.47. The van der Waals surface area contributed by atoms with Crippen molar-refractivity contribution >= 4 is 62.0 Å². The predicted octanol–water partition coefficient (Wildman–Crippen LogP) is 0.667. The van der Waals surface area contributed by atoms with E-state index in [1.807, 2.05) is 18.3 Å². The number of aromatic nitrogens is 5. The van der Waals surface area contributed by atoms with Crippen molar-refractivity contribution in [1.82, 2.24) is 24.5 Å². The van der Waals surface area contributed by atoms with E-state index in [9.17, 15) is 28.8 Å². The van der Waals surface area contributed by atoms with Crippen molar-refractivity contribution in [1.29, 1.82) is 0 Å². The molecule has 5 rings (SSSR count). The van der Waals surface area contributed by atoms with Gasteiger partial charge in [-0.2, -0.15) is 8.62 Å². The van der Waals surface area contributed by atoms with Crippen LogP contribution in [0.4, 0.5) is 5.82 Å². The fourth-order valence-electron chi connectivity index (χ4n) is 3.42. The molecule has 8 N–H and O–H groups in total. The van der Waals surface area contributed by atoms with Gasteiger partial charge in [0.1, 0.15) is 30.2 Å². The Hall–Kier alpha value is -2.25. The van der Waals surface area contributed by atoms with Crippen molar-refractivity contribution in [3.05, 3.63) is 42.4 Å². The molecule has 0 radical (unpaired) electrons. The zero-order valence-electron chi connectivity index (χ0n) is 19.7. The second-order valence-corrected chi connectivity index (χ2v) is 13.2. The van der Waals surface area contributed by atoms with Gasteiger partial charge in [-0.3, -0.25) is 14.1 Å². The molecule has 218 valence electrons. The van der Waals surface area contributed by atoms with Gasteiger partial charge in [-0.15, -0.1) is 11.3 Å². The third kappa shape index (κ3) is 7.52. The first-order valence-electron chi connectivity index (χ1n) is 10.7. The number of aliphatic hydroxyl groups is 2. The van der Waals surface area contributed by atoms with Crippen LogP contribution in [0.25, 0.3) is 21.4 Å². The summed E-state index contributed by atoms with van der Waals surface area (Å²) in [5, 5.41) is 22.5. The molecule has 0 amide bonds. The van der Waals surface area contributed by atoms with E-state index >= 15 is 0 Å². The summed E-state index contributed by atoms with van der Waals surface area (Å²) in [7, 11) is -16.7. The van der Waals surface area contributed by atoms with E-state index in [-0.39, 0.29) is 17.0 Å². The lowest BCUT2D eigenvalue weighted by atomic mass is 10.1. The lowest BCUT2D eigenvalue weighted by molar-refractivity contribution is -0.0503. The molecule has 2 unspecified atom stereocenters. The topological polar surface area (TPSA) is 292 Å². The van der Waals surface area contributed by atoms with Gasteiger partial charge in [-0.05, 0) is 23.6 Å². The van der Waals surface area contributed by atoms with Crippen LogP contribution in [-0.4, -0.2) is 79.2 Å². The molecule has 5 heterocycles. The molecule has 1 fully saturated rings. The Morgan fingerprint density at radius 2 is 1.75 bits per heavy atom. The number of hydrogen-bond donors (Lipinski definition) is 7. The van der Waals surface area contributed by atoms with E-state index < -0.39 is 54.6 Å². The van der Waals surface area contributed by atoms with Gasteiger partial charge in [0.05, 0.1) is 23.2 Å². The maximum Gasteiger partial charge on any atom is 0.490 e. The van der Waals surface area contributed by atoms with Gasteiger partial charge in [0.2, 0.25) is 0 Å². The monoisotopic (exact) mass is 642 g/mol. The number of pyridine rings is 1. The smallest absolute Gasteiger partial charge is 0.387 e. The van der Waals surface area contributed by atoms with Crippen LogP contribution in [0.3, 0.4) is 0 Å². The number of nitrogen functional groups attached to an aromatic ring is 1. The highest BCUT2D eigenvalue weighted by Crippen LogP contribution is 2.66. The maximum absolute atomic E-state index is 11.8. The lowest BCUT2D eigenvalue weighted by Crippen LogP contribution is -2.33. The zero-order valence-corrected chi connectivity index (χ0v) is 23.2. The standard InChI is InChI=1S/C10H16N5O13P3.C7H5NS/c11-8-5-9(13-2-12-8)15(3-14-5)10-7(17)6(16)4(26-10)1-25-30(21,22)28-31(23,24)27-29(18,19)20;1-2-7-6(8-4-1)3-5-9-7/h2-4,6-7,10,16-17H,1H2,(H,21,22)(H,23,24)(H2,11,12,13)(H2,18,19,20);1-5H/t4-,6-,7-,10-;/m1./s1. The third-order valence-electron chi connectivity index (χ3n) is 5.04. The summed E-state index contributed by atoms with van der Waals surface area (Å²) < 4.78 is 53.1. The molecule has 1 saturated heterocycles. The number of nitrogens with zero attached hydrogens (tertiary/aromatic N) is 5. The van der Waals surface area contributed by atoms with Crippen LogP contribution >= 0.6 is 34.8 Å². The summed E-state index contributed by atoms with van der Waals surface area (Å²) in [5.74, 6) is 0.0426. The largest absolute Gasteiger partial charge is 0.490 e. The molecule has 40 heavy (non-hydrogen) atoms. The number of thiophene rings is 1. The quantitative estimate of drug-likeness (QED) is 0.130. The Bertz CT molecular complexity index is 1600. The van der Waals surface area contributed by atoms with Crippen LogP contribution in [0.2, 0.25) is 0 Å². The molecule has 0 bridgehead atoms.